The largest absolute Gasteiger partial charge is 0.481 e. The van der Waals surface area contributed by atoms with Crippen molar-refractivity contribution >= 4 is 11.9 Å². The first kappa shape index (κ1) is 18.0. The van der Waals surface area contributed by atoms with E-state index in [0.29, 0.717) is 19.5 Å². The molecule has 1 aliphatic rings. The van der Waals surface area contributed by atoms with Crippen LogP contribution in [0.25, 0.3) is 0 Å². The Balaban J connectivity index is 2.67. The zero-order valence-corrected chi connectivity index (χ0v) is 14.0. The fourth-order valence-corrected chi connectivity index (χ4v) is 3.12. The van der Waals surface area contributed by atoms with Gasteiger partial charge in [-0.15, -0.1) is 0 Å². The van der Waals surface area contributed by atoms with Crippen molar-refractivity contribution in [3.8, 4) is 0 Å². The number of likely N-dealkylation sites (tertiary alicyclic amines) is 1. The summed E-state index contributed by atoms with van der Waals surface area (Å²) in [6.45, 7) is 11.0. The molecule has 3 unspecified atom stereocenters. The fraction of sp³-hybridized carbons (Fsp3) is 0.875. The lowest BCUT2D eigenvalue weighted by Crippen LogP contribution is -2.48. The van der Waals surface area contributed by atoms with Crippen LogP contribution < -0.4 is 5.32 Å². The molecule has 1 amide bonds. The molecule has 5 heteroatoms. The summed E-state index contributed by atoms with van der Waals surface area (Å²) in [5.41, 5.74) is -0.719. The van der Waals surface area contributed by atoms with E-state index in [-0.39, 0.29) is 23.9 Å². The van der Waals surface area contributed by atoms with E-state index in [0.717, 1.165) is 12.8 Å². The maximum Gasteiger partial charge on any atom is 0.311 e. The molecule has 3 atom stereocenters. The normalized spacial score (nSPS) is 25.8. The van der Waals surface area contributed by atoms with Crippen molar-refractivity contribution in [2.45, 2.75) is 66.0 Å². The highest BCUT2D eigenvalue weighted by atomic mass is 16.4. The van der Waals surface area contributed by atoms with Crippen LogP contribution in [0.3, 0.4) is 0 Å². The molecule has 0 aliphatic carbocycles. The number of carbonyl (C=O) groups is 2. The van der Waals surface area contributed by atoms with E-state index in [1.165, 1.54) is 0 Å². The van der Waals surface area contributed by atoms with Crippen LogP contribution in [0.1, 0.15) is 53.9 Å². The fourth-order valence-electron chi connectivity index (χ4n) is 3.12. The first-order valence-electron chi connectivity index (χ1n) is 8.02. The number of carbonyl (C=O) groups excluding carboxylic acids is 1. The third kappa shape index (κ3) is 3.96. The smallest absolute Gasteiger partial charge is 0.311 e. The van der Waals surface area contributed by atoms with Crippen molar-refractivity contribution in [3.05, 3.63) is 0 Å². The standard InChI is InChI=1S/C16H30N2O3/c1-6-7-12(4)17-14(19)13(5)18-9-8-16(10-18,11(2)3)15(20)21/h11-13H,6-10H2,1-5H3,(H,17,19)(H,20,21). The highest BCUT2D eigenvalue weighted by Crippen LogP contribution is 2.38. The molecule has 5 nitrogen and oxygen atoms in total. The van der Waals surface area contributed by atoms with Gasteiger partial charge in [-0.1, -0.05) is 27.2 Å². The van der Waals surface area contributed by atoms with Crippen LogP contribution in [0, 0.1) is 11.3 Å². The molecule has 0 aromatic carbocycles. The molecule has 1 rings (SSSR count). The Bertz CT molecular complexity index is 384. The lowest BCUT2D eigenvalue weighted by Gasteiger charge is -2.30. The van der Waals surface area contributed by atoms with Gasteiger partial charge in [0.25, 0.3) is 0 Å². The molecule has 0 aromatic rings. The predicted molar refractivity (Wildman–Crippen MR) is 83.1 cm³/mol. The number of carboxylic acid groups (broad SMARTS) is 1. The van der Waals surface area contributed by atoms with Gasteiger partial charge in [-0.3, -0.25) is 14.5 Å². The number of nitrogens with zero attached hydrogens (tertiary/aromatic N) is 1. The van der Waals surface area contributed by atoms with E-state index in [9.17, 15) is 14.7 Å². The zero-order chi connectivity index (χ0) is 16.2. The Morgan fingerprint density at radius 2 is 1.90 bits per heavy atom. The molecule has 2 N–H and O–H groups in total. The SMILES string of the molecule is CCCC(C)NC(=O)C(C)N1CCC(C(=O)O)(C(C)C)C1. The summed E-state index contributed by atoms with van der Waals surface area (Å²) in [5, 5.41) is 12.6. The summed E-state index contributed by atoms with van der Waals surface area (Å²) in [6.07, 6.45) is 2.61. The summed E-state index contributed by atoms with van der Waals surface area (Å²) in [6, 6.07) is -0.105. The van der Waals surface area contributed by atoms with Crippen LogP contribution in [-0.2, 0) is 9.59 Å². The molecule has 0 aromatic heterocycles. The molecule has 0 radical (unpaired) electrons. The van der Waals surface area contributed by atoms with E-state index in [4.69, 9.17) is 0 Å². The molecule has 1 heterocycles. The van der Waals surface area contributed by atoms with E-state index in [1.54, 1.807) is 0 Å². The van der Waals surface area contributed by atoms with Crippen molar-refractivity contribution in [1.82, 2.24) is 10.2 Å². The number of aliphatic carboxylic acids is 1. The van der Waals surface area contributed by atoms with Gasteiger partial charge in [0.05, 0.1) is 11.5 Å². The molecule has 1 saturated heterocycles. The van der Waals surface area contributed by atoms with Crippen molar-refractivity contribution in [2.75, 3.05) is 13.1 Å². The minimum atomic E-state index is -0.744. The zero-order valence-electron chi connectivity index (χ0n) is 14.0. The summed E-state index contributed by atoms with van der Waals surface area (Å²) in [5.74, 6) is -0.679. The molecule has 122 valence electrons. The Hall–Kier alpha value is -1.10. The van der Waals surface area contributed by atoms with Gasteiger partial charge in [-0.05, 0) is 32.6 Å². The van der Waals surface area contributed by atoms with Gasteiger partial charge >= 0.3 is 5.97 Å². The van der Waals surface area contributed by atoms with E-state index in [1.807, 2.05) is 32.6 Å². The minimum absolute atomic E-state index is 0.000829. The maximum absolute atomic E-state index is 12.3. The number of hydrogen-bond acceptors (Lipinski definition) is 3. The van der Waals surface area contributed by atoms with E-state index < -0.39 is 11.4 Å². The first-order valence-corrected chi connectivity index (χ1v) is 8.02. The number of amides is 1. The van der Waals surface area contributed by atoms with Crippen LogP contribution in [0.2, 0.25) is 0 Å². The van der Waals surface area contributed by atoms with Crippen molar-refractivity contribution < 1.29 is 14.7 Å². The van der Waals surface area contributed by atoms with Gasteiger partial charge in [0.1, 0.15) is 0 Å². The van der Waals surface area contributed by atoms with Gasteiger partial charge in [0.2, 0.25) is 5.91 Å². The average molecular weight is 298 g/mol. The third-order valence-corrected chi connectivity index (χ3v) is 4.90. The van der Waals surface area contributed by atoms with Crippen LogP contribution in [0.5, 0.6) is 0 Å². The van der Waals surface area contributed by atoms with Crippen LogP contribution in [-0.4, -0.2) is 47.1 Å². The highest BCUT2D eigenvalue weighted by Gasteiger charge is 2.48. The summed E-state index contributed by atoms with van der Waals surface area (Å²) < 4.78 is 0. The lowest BCUT2D eigenvalue weighted by molar-refractivity contribution is -0.151. The van der Waals surface area contributed by atoms with Crippen LogP contribution in [0.4, 0.5) is 0 Å². The first-order chi connectivity index (χ1) is 9.74. The highest BCUT2D eigenvalue weighted by molar-refractivity contribution is 5.82. The number of carboxylic acids is 1. The summed E-state index contributed by atoms with van der Waals surface area (Å²) in [7, 11) is 0. The molecule has 0 saturated carbocycles. The van der Waals surface area contributed by atoms with Gasteiger partial charge in [-0.25, -0.2) is 0 Å². The average Bonchev–Trinajstić information content (AvgIpc) is 2.84. The maximum atomic E-state index is 12.3. The third-order valence-electron chi connectivity index (χ3n) is 4.90. The Labute approximate surface area is 128 Å². The second-order valence-corrected chi connectivity index (χ2v) is 6.71. The second kappa shape index (κ2) is 7.25. The Kier molecular flexibility index (Phi) is 6.20. The molecule has 0 bridgehead atoms. The minimum Gasteiger partial charge on any atom is -0.481 e. The quantitative estimate of drug-likeness (QED) is 0.755. The van der Waals surface area contributed by atoms with Gasteiger partial charge < -0.3 is 10.4 Å². The summed E-state index contributed by atoms with van der Waals surface area (Å²) in [4.78, 5) is 25.9. The molecule has 1 fully saturated rings. The summed E-state index contributed by atoms with van der Waals surface area (Å²) >= 11 is 0. The molecular formula is C16H30N2O3. The van der Waals surface area contributed by atoms with E-state index in [2.05, 4.69) is 12.2 Å². The lowest BCUT2D eigenvalue weighted by atomic mass is 9.76. The number of hydrogen-bond donors (Lipinski definition) is 2. The van der Waals surface area contributed by atoms with Gasteiger partial charge in [0.15, 0.2) is 0 Å². The monoisotopic (exact) mass is 298 g/mol. The molecule has 1 aliphatic heterocycles. The van der Waals surface area contributed by atoms with E-state index >= 15 is 0 Å². The van der Waals surface area contributed by atoms with Gasteiger partial charge in [-0.2, -0.15) is 0 Å². The van der Waals surface area contributed by atoms with Crippen molar-refractivity contribution in [1.29, 1.82) is 0 Å². The number of rotatable bonds is 7. The Morgan fingerprint density at radius 1 is 1.29 bits per heavy atom. The molecule has 0 spiro atoms. The number of nitrogens with one attached hydrogen (secondary N) is 1. The molecule has 21 heavy (non-hydrogen) atoms. The van der Waals surface area contributed by atoms with Crippen molar-refractivity contribution in [2.24, 2.45) is 11.3 Å². The van der Waals surface area contributed by atoms with Crippen molar-refractivity contribution in [3.63, 3.8) is 0 Å². The van der Waals surface area contributed by atoms with Gasteiger partial charge in [0, 0.05) is 19.1 Å². The molecular weight excluding hydrogens is 268 g/mol. The second-order valence-electron chi connectivity index (χ2n) is 6.71. The predicted octanol–water partition coefficient (Wildman–Crippen LogP) is 2.11. The topological polar surface area (TPSA) is 69.6 Å². The Morgan fingerprint density at radius 3 is 2.33 bits per heavy atom. The van der Waals surface area contributed by atoms with Crippen LogP contribution >= 0.6 is 0 Å². The van der Waals surface area contributed by atoms with Crippen LogP contribution in [0.15, 0.2) is 0 Å².